The SMILES string of the molecule is Cc1ccc(C2C(=C(O)c3ccc(F)cc3)C(=O)C(=O)N2CC[NH+]2CCOCC2)cc1. The van der Waals surface area contributed by atoms with Crippen LogP contribution in [0.15, 0.2) is 54.1 Å². The number of morpholine rings is 1. The van der Waals surface area contributed by atoms with Gasteiger partial charge in [-0.2, -0.15) is 0 Å². The van der Waals surface area contributed by atoms with Crippen molar-refractivity contribution in [1.29, 1.82) is 0 Å². The molecule has 2 aromatic rings. The summed E-state index contributed by atoms with van der Waals surface area (Å²) >= 11 is 0. The third-order valence-electron chi connectivity index (χ3n) is 5.96. The zero-order chi connectivity index (χ0) is 22.0. The molecular weight excluding hydrogens is 399 g/mol. The number of halogens is 1. The van der Waals surface area contributed by atoms with Gasteiger partial charge in [0.05, 0.1) is 37.9 Å². The summed E-state index contributed by atoms with van der Waals surface area (Å²) in [4.78, 5) is 28.8. The summed E-state index contributed by atoms with van der Waals surface area (Å²) in [6, 6.07) is 12.1. The minimum Gasteiger partial charge on any atom is -0.507 e. The number of aliphatic hydroxyl groups excluding tert-OH is 1. The van der Waals surface area contributed by atoms with Gasteiger partial charge in [0.1, 0.15) is 24.7 Å². The van der Waals surface area contributed by atoms with Crippen LogP contribution in [0.1, 0.15) is 22.7 Å². The predicted molar refractivity (Wildman–Crippen MR) is 113 cm³/mol. The normalized spacial score (nSPS) is 21.6. The van der Waals surface area contributed by atoms with Gasteiger partial charge in [-0.1, -0.05) is 29.8 Å². The lowest BCUT2D eigenvalue weighted by Gasteiger charge is -2.29. The van der Waals surface area contributed by atoms with Crippen LogP contribution in [0.25, 0.3) is 5.76 Å². The van der Waals surface area contributed by atoms with E-state index >= 15 is 0 Å². The van der Waals surface area contributed by atoms with Crippen LogP contribution in [0.5, 0.6) is 0 Å². The monoisotopic (exact) mass is 425 g/mol. The minimum atomic E-state index is -0.718. The number of ketones is 1. The Morgan fingerprint density at radius 3 is 2.39 bits per heavy atom. The summed E-state index contributed by atoms with van der Waals surface area (Å²) in [5.74, 6) is -2.07. The molecule has 2 aliphatic heterocycles. The second-order valence-corrected chi connectivity index (χ2v) is 8.02. The maximum atomic E-state index is 13.3. The number of carbonyl (C=O) groups is 2. The second kappa shape index (κ2) is 8.99. The predicted octanol–water partition coefficient (Wildman–Crippen LogP) is 1.47. The Morgan fingerprint density at radius 1 is 1.10 bits per heavy atom. The zero-order valence-electron chi connectivity index (χ0n) is 17.4. The molecule has 2 fully saturated rings. The summed E-state index contributed by atoms with van der Waals surface area (Å²) in [5, 5.41) is 11.0. The molecule has 4 rings (SSSR count). The topological polar surface area (TPSA) is 71.3 Å². The number of carbonyl (C=O) groups excluding carboxylic acids is 2. The second-order valence-electron chi connectivity index (χ2n) is 8.02. The van der Waals surface area contributed by atoms with Crippen molar-refractivity contribution in [3.63, 3.8) is 0 Å². The number of benzene rings is 2. The molecule has 6 nitrogen and oxygen atoms in total. The highest BCUT2D eigenvalue weighted by Crippen LogP contribution is 2.39. The molecule has 162 valence electrons. The molecule has 0 spiro atoms. The molecule has 0 aromatic heterocycles. The number of nitrogens with one attached hydrogen (secondary N) is 1. The van der Waals surface area contributed by atoms with Gasteiger partial charge in [0.25, 0.3) is 11.7 Å². The van der Waals surface area contributed by atoms with Gasteiger partial charge in [0.2, 0.25) is 0 Å². The van der Waals surface area contributed by atoms with Crippen molar-refractivity contribution in [1.82, 2.24) is 4.90 Å². The molecule has 2 N–H and O–H groups in total. The lowest BCUT2D eigenvalue weighted by atomic mass is 9.94. The molecule has 0 bridgehead atoms. The van der Waals surface area contributed by atoms with Crippen molar-refractivity contribution < 1.29 is 28.7 Å². The molecule has 2 saturated heterocycles. The highest BCUT2D eigenvalue weighted by molar-refractivity contribution is 6.46. The fourth-order valence-corrected chi connectivity index (χ4v) is 4.16. The molecule has 0 saturated carbocycles. The van der Waals surface area contributed by atoms with E-state index in [1.54, 1.807) is 4.90 Å². The number of aliphatic hydroxyl groups is 1. The van der Waals surface area contributed by atoms with Crippen molar-refractivity contribution in [2.75, 3.05) is 39.4 Å². The molecule has 1 amide bonds. The number of quaternary nitrogens is 1. The van der Waals surface area contributed by atoms with Gasteiger partial charge in [0.15, 0.2) is 0 Å². The number of nitrogens with zero attached hydrogens (tertiary/aromatic N) is 1. The number of rotatable bonds is 5. The molecule has 0 aliphatic carbocycles. The summed E-state index contributed by atoms with van der Waals surface area (Å²) in [5.41, 5.74) is 2.15. The Morgan fingerprint density at radius 2 is 1.74 bits per heavy atom. The van der Waals surface area contributed by atoms with Crippen molar-refractivity contribution in [3.05, 3.63) is 76.6 Å². The van der Waals surface area contributed by atoms with Crippen LogP contribution in [0.2, 0.25) is 0 Å². The van der Waals surface area contributed by atoms with E-state index in [0.29, 0.717) is 31.9 Å². The van der Waals surface area contributed by atoms with Crippen molar-refractivity contribution in [2.24, 2.45) is 0 Å². The van der Waals surface area contributed by atoms with Crippen LogP contribution in [0, 0.1) is 12.7 Å². The lowest BCUT2D eigenvalue weighted by Crippen LogP contribution is -3.14. The number of Topliss-reactive ketones (excluding diaryl/α,β-unsaturated/α-hetero) is 1. The van der Waals surface area contributed by atoms with Crippen LogP contribution in [0.4, 0.5) is 4.39 Å². The van der Waals surface area contributed by atoms with Crippen molar-refractivity contribution in [2.45, 2.75) is 13.0 Å². The van der Waals surface area contributed by atoms with E-state index in [0.717, 1.165) is 24.2 Å². The van der Waals surface area contributed by atoms with Gasteiger partial charge >= 0.3 is 0 Å². The quantitative estimate of drug-likeness (QED) is 0.433. The van der Waals surface area contributed by atoms with E-state index in [-0.39, 0.29) is 11.3 Å². The van der Waals surface area contributed by atoms with E-state index < -0.39 is 23.5 Å². The maximum Gasteiger partial charge on any atom is 0.295 e. The first-order valence-electron chi connectivity index (χ1n) is 10.5. The fraction of sp³-hybridized carbons (Fsp3) is 0.333. The third-order valence-corrected chi connectivity index (χ3v) is 5.96. The maximum absolute atomic E-state index is 13.3. The van der Waals surface area contributed by atoms with Gasteiger partial charge in [-0.05, 0) is 36.8 Å². The summed E-state index contributed by atoms with van der Waals surface area (Å²) in [7, 11) is 0. The van der Waals surface area contributed by atoms with Gasteiger partial charge in [-0.25, -0.2) is 4.39 Å². The number of amides is 1. The van der Waals surface area contributed by atoms with E-state index in [1.165, 1.54) is 29.2 Å². The Kier molecular flexibility index (Phi) is 6.15. The van der Waals surface area contributed by atoms with Crippen LogP contribution in [-0.4, -0.2) is 61.1 Å². The number of ether oxygens (including phenoxy) is 1. The summed E-state index contributed by atoms with van der Waals surface area (Å²) in [6.45, 7) is 6.11. The zero-order valence-corrected chi connectivity index (χ0v) is 17.4. The first-order chi connectivity index (χ1) is 15.0. The largest absolute Gasteiger partial charge is 0.507 e. The highest BCUT2D eigenvalue weighted by Gasteiger charge is 2.46. The Bertz CT molecular complexity index is 995. The van der Waals surface area contributed by atoms with Crippen molar-refractivity contribution >= 4 is 17.4 Å². The van der Waals surface area contributed by atoms with Crippen LogP contribution in [0.3, 0.4) is 0 Å². The standard InChI is InChI=1S/C24H25FN2O4/c1-16-2-4-17(5-3-16)21-20(22(28)18-6-8-19(25)9-7-18)23(29)24(30)27(21)11-10-26-12-14-31-15-13-26/h2-9,21,28H,10-15H2,1H3/p+1. The number of likely N-dealkylation sites (tertiary alicyclic amines) is 1. The lowest BCUT2D eigenvalue weighted by molar-refractivity contribution is -0.907. The fourth-order valence-electron chi connectivity index (χ4n) is 4.16. The van der Waals surface area contributed by atoms with Crippen LogP contribution in [-0.2, 0) is 14.3 Å². The number of hydrogen-bond acceptors (Lipinski definition) is 4. The molecule has 1 unspecified atom stereocenters. The number of hydrogen-bond donors (Lipinski definition) is 2. The van der Waals surface area contributed by atoms with E-state index in [4.69, 9.17) is 4.74 Å². The molecular formula is C24H26FN2O4+. The summed E-state index contributed by atoms with van der Waals surface area (Å²) in [6.07, 6.45) is 0. The molecule has 7 heteroatoms. The van der Waals surface area contributed by atoms with Gasteiger partial charge in [0, 0.05) is 5.56 Å². The Hall–Kier alpha value is -3.03. The summed E-state index contributed by atoms with van der Waals surface area (Å²) < 4.78 is 18.7. The average molecular weight is 425 g/mol. The first kappa shape index (κ1) is 21.2. The van der Waals surface area contributed by atoms with Crippen molar-refractivity contribution in [3.8, 4) is 0 Å². The average Bonchev–Trinajstić information content (AvgIpc) is 3.04. The molecule has 1 atom stereocenters. The first-order valence-corrected chi connectivity index (χ1v) is 10.5. The minimum absolute atomic E-state index is 0.0393. The Labute approximate surface area is 180 Å². The Balaban J connectivity index is 1.72. The molecule has 2 aliphatic rings. The number of aryl methyl sites for hydroxylation is 1. The molecule has 2 heterocycles. The smallest absolute Gasteiger partial charge is 0.295 e. The molecule has 0 radical (unpaired) electrons. The third kappa shape index (κ3) is 4.38. The van der Waals surface area contributed by atoms with Crippen LogP contribution < -0.4 is 4.90 Å². The van der Waals surface area contributed by atoms with E-state index in [2.05, 4.69) is 0 Å². The highest BCUT2D eigenvalue weighted by atomic mass is 19.1. The van der Waals surface area contributed by atoms with Gasteiger partial charge < -0.3 is 19.6 Å². The molecule has 2 aromatic carbocycles. The van der Waals surface area contributed by atoms with Gasteiger partial charge in [-0.3, -0.25) is 9.59 Å². The molecule has 31 heavy (non-hydrogen) atoms. The van der Waals surface area contributed by atoms with E-state index in [9.17, 15) is 19.1 Å². The van der Waals surface area contributed by atoms with Gasteiger partial charge in [-0.15, -0.1) is 0 Å². The van der Waals surface area contributed by atoms with Crippen LogP contribution >= 0.6 is 0 Å². The van der Waals surface area contributed by atoms with E-state index in [1.807, 2.05) is 31.2 Å².